The Hall–Kier alpha value is -3.22. The van der Waals surface area contributed by atoms with Crippen LogP contribution in [0.4, 0.5) is 11.5 Å². The summed E-state index contributed by atoms with van der Waals surface area (Å²) in [5.74, 6) is 0.811. The standard InChI is InChI=1S/C18H17N7/c1-2-4-15-12(3-1)7-14(8-19-15)25-6-5-13(9-25)24-18-16-17(21-10-20-16)22-11-23-18/h1-4,7-8,10-11,13H,5-6,9H2,(H2,20,21,22,23,24)/t13-/m0/s1. The van der Waals surface area contributed by atoms with Crippen molar-refractivity contribution in [2.24, 2.45) is 0 Å². The van der Waals surface area contributed by atoms with Crippen LogP contribution in [0.5, 0.6) is 0 Å². The van der Waals surface area contributed by atoms with Gasteiger partial charge in [0.2, 0.25) is 0 Å². The van der Waals surface area contributed by atoms with Gasteiger partial charge in [-0.05, 0) is 18.6 Å². The fraction of sp³-hybridized carbons (Fsp3) is 0.222. The van der Waals surface area contributed by atoms with Crippen molar-refractivity contribution in [1.29, 1.82) is 0 Å². The van der Waals surface area contributed by atoms with Crippen LogP contribution in [-0.2, 0) is 0 Å². The van der Waals surface area contributed by atoms with Gasteiger partial charge in [0.15, 0.2) is 11.5 Å². The Bertz CT molecular complexity index is 1040. The van der Waals surface area contributed by atoms with Crippen LogP contribution in [0.2, 0.25) is 0 Å². The number of nitrogens with one attached hydrogen (secondary N) is 2. The van der Waals surface area contributed by atoms with E-state index in [0.29, 0.717) is 11.7 Å². The van der Waals surface area contributed by atoms with E-state index in [1.807, 2.05) is 24.4 Å². The minimum absolute atomic E-state index is 0.327. The molecule has 0 saturated carbocycles. The molecule has 1 aromatic carbocycles. The third-order valence-corrected chi connectivity index (χ3v) is 4.69. The molecule has 0 aliphatic carbocycles. The molecule has 25 heavy (non-hydrogen) atoms. The molecule has 0 spiro atoms. The summed E-state index contributed by atoms with van der Waals surface area (Å²) in [6.45, 7) is 1.91. The summed E-state index contributed by atoms with van der Waals surface area (Å²) >= 11 is 0. The zero-order valence-electron chi connectivity index (χ0n) is 13.6. The Morgan fingerprint density at radius 3 is 3.08 bits per heavy atom. The zero-order chi connectivity index (χ0) is 16.6. The highest BCUT2D eigenvalue weighted by molar-refractivity contribution is 5.83. The highest BCUT2D eigenvalue weighted by Crippen LogP contribution is 2.25. The Labute approximate surface area is 144 Å². The molecule has 1 aliphatic heterocycles. The molecule has 0 unspecified atom stereocenters. The maximum Gasteiger partial charge on any atom is 0.182 e. The first kappa shape index (κ1) is 14.2. The van der Waals surface area contributed by atoms with Crippen molar-refractivity contribution in [2.75, 3.05) is 23.3 Å². The van der Waals surface area contributed by atoms with Crippen LogP contribution < -0.4 is 10.2 Å². The van der Waals surface area contributed by atoms with Gasteiger partial charge in [-0.15, -0.1) is 0 Å². The Balaban J connectivity index is 1.36. The SMILES string of the molecule is c1ccc2ncc(N3CC[C@H](Nc4ncnc5nc[nH]c45)C3)cc2c1. The second-order valence-corrected chi connectivity index (χ2v) is 6.29. The van der Waals surface area contributed by atoms with Gasteiger partial charge in [0.1, 0.15) is 11.8 Å². The Morgan fingerprint density at radius 1 is 1.12 bits per heavy atom. The molecule has 7 nitrogen and oxygen atoms in total. The molecule has 0 bridgehead atoms. The van der Waals surface area contributed by atoms with Crippen LogP contribution in [0, 0.1) is 0 Å². The predicted octanol–water partition coefficient (Wildman–Crippen LogP) is 2.59. The molecular formula is C18H17N7. The summed E-state index contributed by atoms with van der Waals surface area (Å²) in [6.07, 6.45) is 6.20. The second-order valence-electron chi connectivity index (χ2n) is 6.29. The minimum atomic E-state index is 0.327. The van der Waals surface area contributed by atoms with Gasteiger partial charge in [-0.2, -0.15) is 0 Å². The topological polar surface area (TPSA) is 82.6 Å². The molecule has 7 heteroatoms. The van der Waals surface area contributed by atoms with Crippen LogP contribution in [-0.4, -0.2) is 44.1 Å². The molecule has 1 aliphatic rings. The first-order valence-electron chi connectivity index (χ1n) is 8.37. The minimum Gasteiger partial charge on any atom is -0.368 e. The van der Waals surface area contributed by atoms with Gasteiger partial charge in [0.25, 0.3) is 0 Å². The lowest BCUT2D eigenvalue weighted by Crippen LogP contribution is -2.26. The van der Waals surface area contributed by atoms with Crippen LogP contribution in [0.15, 0.2) is 49.2 Å². The molecule has 2 N–H and O–H groups in total. The molecule has 124 valence electrons. The summed E-state index contributed by atoms with van der Waals surface area (Å²) < 4.78 is 0. The van der Waals surface area contributed by atoms with E-state index in [2.05, 4.69) is 47.3 Å². The summed E-state index contributed by atoms with van der Waals surface area (Å²) in [7, 11) is 0. The van der Waals surface area contributed by atoms with Crippen LogP contribution in [0.25, 0.3) is 22.1 Å². The van der Waals surface area contributed by atoms with E-state index in [9.17, 15) is 0 Å². The maximum atomic E-state index is 4.57. The lowest BCUT2D eigenvalue weighted by Gasteiger charge is -2.19. The number of pyridine rings is 1. The van der Waals surface area contributed by atoms with E-state index >= 15 is 0 Å². The second kappa shape index (κ2) is 5.70. The number of aromatic nitrogens is 5. The third-order valence-electron chi connectivity index (χ3n) is 4.69. The van der Waals surface area contributed by atoms with Crippen molar-refractivity contribution in [3.63, 3.8) is 0 Å². The fourth-order valence-electron chi connectivity index (χ4n) is 3.41. The molecule has 4 heterocycles. The molecule has 3 aromatic heterocycles. The number of aromatic amines is 1. The normalized spacial score (nSPS) is 17.4. The third kappa shape index (κ3) is 2.53. The fourth-order valence-corrected chi connectivity index (χ4v) is 3.41. The number of H-pyrrole nitrogens is 1. The van der Waals surface area contributed by atoms with Crippen molar-refractivity contribution in [3.05, 3.63) is 49.2 Å². The Morgan fingerprint density at radius 2 is 2.08 bits per heavy atom. The number of imidazole rings is 1. The van der Waals surface area contributed by atoms with E-state index in [-0.39, 0.29) is 0 Å². The van der Waals surface area contributed by atoms with Gasteiger partial charge < -0.3 is 15.2 Å². The first-order valence-corrected chi connectivity index (χ1v) is 8.37. The molecular weight excluding hydrogens is 314 g/mol. The number of rotatable bonds is 3. The molecule has 1 saturated heterocycles. The first-order chi connectivity index (χ1) is 12.4. The highest BCUT2D eigenvalue weighted by Gasteiger charge is 2.24. The Kier molecular flexibility index (Phi) is 3.22. The molecule has 0 amide bonds. The van der Waals surface area contributed by atoms with E-state index in [1.165, 1.54) is 5.39 Å². The predicted molar refractivity (Wildman–Crippen MR) is 97.7 cm³/mol. The van der Waals surface area contributed by atoms with Gasteiger partial charge in [0.05, 0.1) is 23.7 Å². The van der Waals surface area contributed by atoms with E-state index in [1.54, 1.807) is 12.7 Å². The monoisotopic (exact) mass is 331 g/mol. The average molecular weight is 331 g/mol. The van der Waals surface area contributed by atoms with Crippen LogP contribution in [0.1, 0.15) is 6.42 Å². The van der Waals surface area contributed by atoms with E-state index in [0.717, 1.165) is 42.0 Å². The molecule has 1 fully saturated rings. The number of hydrogen-bond acceptors (Lipinski definition) is 6. The molecule has 4 aromatic rings. The number of anilines is 2. The van der Waals surface area contributed by atoms with Crippen LogP contribution in [0.3, 0.4) is 0 Å². The van der Waals surface area contributed by atoms with Crippen molar-refractivity contribution in [1.82, 2.24) is 24.9 Å². The van der Waals surface area contributed by atoms with Gasteiger partial charge in [0, 0.05) is 24.5 Å². The number of nitrogens with zero attached hydrogens (tertiary/aromatic N) is 5. The van der Waals surface area contributed by atoms with Gasteiger partial charge in [-0.1, -0.05) is 18.2 Å². The van der Waals surface area contributed by atoms with Crippen molar-refractivity contribution in [2.45, 2.75) is 12.5 Å². The lowest BCUT2D eigenvalue weighted by atomic mass is 10.2. The van der Waals surface area contributed by atoms with Gasteiger partial charge in [-0.25, -0.2) is 15.0 Å². The highest BCUT2D eigenvalue weighted by atomic mass is 15.2. The van der Waals surface area contributed by atoms with E-state index < -0.39 is 0 Å². The molecule has 5 rings (SSSR count). The van der Waals surface area contributed by atoms with Gasteiger partial charge >= 0.3 is 0 Å². The zero-order valence-corrected chi connectivity index (χ0v) is 13.6. The van der Waals surface area contributed by atoms with Crippen molar-refractivity contribution < 1.29 is 0 Å². The van der Waals surface area contributed by atoms with Crippen LogP contribution >= 0.6 is 0 Å². The summed E-state index contributed by atoms with van der Waals surface area (Å²) in [5, 5.41) is 4.70. The largest absolute Gasteiger partial charge is 0.368 e. The molecule has 1 atom stereocenters. The maximum absolute atomic E-state index is 4.57. The number of benzene rings is 1. The van der Waals surface area contributed by atoms with Crippen molar-refractivity contribution in [3.8, 4) is 0 Å². The lowest BCUT2D eigenvalue weighted by molar-refractivity contribution is 0.801. The number of fused-ring (bicyclic) bond motifs is 2. The number of hydrogen-bond donors (Lipinski definition) is 2. The number of para-hydroxylation sites is 1. The molecule has 0 radical (unpaired) electrons. The van der Waals surface area contributed by atoms with Crippen molar-refractivity contribution >= 4 is 33.6 Å². The van der Waals surface area contributed by atoms with Gasteiger partial charge in [-0.3, -0.25) is 4.98 Å². The average Bonchev–Trinajstić information content (AvgIpc) is 3.31. The quantitative estimate of drug-likeness (QED) is 0.600. The summed E-state index contributed by atoms with van der Waals surface area (Å²) in [6, 6.07) is 10.7. The summed E-state index contributed by atoms with van der Waals surface area (Å²) in [4.78, 5) is 22.7. The smallest absolute Gasteiger partial charge is 0.182 e. The van der Waals surface area contributed by atoms with E-state index in [4.69, 9.17) is 0 Å². The summed E-state index contributed by atoms with van der Waals surface area (Å²) in [5.41, 5.74) is 3.74.